The monoisotopic (exact) mass is 270 g/mol. The fourth-order valence-electron chi connectivity index (χ4n) is 2.26. The second-order valence-electron chi connectivity index (χ2n) is 5.45. The minimum absolute atomic E-state index is 0.501. The third-order valence-electron chi connectivity index (χ3n) is 3.67. The number of methoxy groups -OCH3 is 1. The van der Waals surface area contributed by atoms with Gasteiger partial charge in [0.25, 0.3) is 0 Å². The van der Waals surface area contributed by atoms with Crippen molar-refractivity contribution in [2.24, 2.45) is 0 Å². The maximum absolute atomic E-state index is 10.5. The van der Waals surface area contributed by atoms with E-state index in [0.717, 1.165) is 22.4 Å². The lowest BCUT2D eigenvalue weighted by molar-refractivity contribution is 0.219. The van der Waals surface area contributed by atoms with Gasteiger partial charge in [-0.05, 0) is 41.2 Å². The molecule has 1 N–H and O–H groups in total. The third-order valence-corrected chi connectivity index (χ3v) is 3.67. The van der Waals surface area contributed by atoms with E-state index in [2.05, 4.69) is 26.0 Å². The van der Waals surface area contributed by atoms with E-state index in [9.17, 15) is 5.11 Å². The molecule has 0 saturated carbocycles. The molecule has 2 rings (SSSR count). The zero-order chi connectivity index (χ0) is 14.7. The highest BCUT2D eigenvalue weighted by Crippen LogP contribution is 2.28. The van der Waals surface area contributed by atoms with Gasteiger partial charge in [-0.1, -0.05) is 50.2 Å². The molecule has 0 aromatic heterocycles. The van der Waals surface area contributed by atoms with Crippen molar-refractivity contribution in [2.75, 3.05) is 7.11 Å². The smallest absolute Gasteiger partial charge is 0.122 e. The largest absolute Gasteiger partial charge is 0.496 e. The third kappa shape index (κ3) is 3.02. The molecule has 1 atom stereocenters. The maximum Gasteiger partial charge on any atom is 0.122 e. The number of benzene rings is 2. The second-order valence-corrected chi connectivity index (χ2v) is 5.45. The SMILES string of the molecule is COc1cc(C(O)c2ccc(C(C)C)cc2)ccc1C. The zero-order valence-corrected chi connectivity index (χ0v) is 12.6. The van der Waals surface area contributed by atoms with Crippen molar-refractivity contribution in [1.29, 1.82) is 0 Å². The molecule has 0 heterocycles. The zero-order valence-electron chi connectivity index (χ0n) is 12.6. The molecule has 2 aromatic carbocycles. The lowest BCUT2D eigenvalue weighted by atomic mass is 9.96. The first-order chi connectivity index (χ1) is 9.52. The van der Waals surface area contributed by atoms with Crippen LogP contribution in [0.5, 0.6) is 5.75 Å². The highest BCUT2D eigenvalue weighted by Gasteiger charge is 2.12. The molecule has 1 unspecified atom stereocenters. The van der Waals surface area contributed by atoms with Crippen LogP contribution in [-0.2, 0) is 0 Å². The number of ether oxygens (including phenoxy) is 1. The Morgan fingerprint density at radius 2 is 1.45 bits per heavy atom. The van der Waals surface area contributed by atoms with E-state index in [4.69, 9.17) is 4.74 Å². The Hall–Kier alpha value is -1.80. The standard InChI is InChI=1S/C18H22O2/c1-12(2)14-7-9-15(10-8-14)18(19)16-6-5-13(3)17(11-16)20-4/h5-12,18-19H,1-4H3. The molecule has 0 aliphatic heterocycles. The summed E-state index contributed by atoms with van der Waals surface area (Å²) in [5, 5.41) is 10.5. The van der Waals surface area contributed by atoms with E-state index < -0.39 is 6.10 Å². The number of rotatable bonds is 4. The molecule has 0 spiro atoms. The van der Waals surface area contributed by atoms with Gasteiger partial charge in [-0.3, -0.25) is 0 Å². The minimum atomic E-state index is -0.620. The van der Waals surface area contributed by atoms with E-state index >= 15 is 0 Å². The van der Waals surface area contributed by atoms with E-state index in [1.54, 1.807) is 7.11 Å². The van der Waals surface area contributed by atoms with E-state index in [-0.39, 0.29) is 0 Å². The highest BCUT2D eigenvalue weighted by atomic mass is 16.5. The van der Waals surface area contributed by atoms with E-state index in [1.165, 1.54) is 5.56 Å². The Kier molecular flexibility index (Phi) is 4.46. The van der Waals surface area contributed by atoms with Crippen LogP contribution in [0, 0.1) is 6.92 Å². The van der Waals surface area contributed by atoms with Crippen LogP contribution in [0.3, 0.4) is 0 Å². The summed E-state index contributed by atoms with van der Waals surface area (Å²) in [4.78, 5) is 0. The van der Waals surface area contributed by atoms with Crippen LogP contribution in [0.15, 0.2) is 42.5 Å². The fraction of sp³-hybridized carbons (Fsp3) is 0.333. The van der Waals surface area contributed by atoms with Crippen LogP contribution in [0.25, 0.3) is 0 Å². The number of hydrogen-bond acceptors (Lipinski definition) is 2. The molecule has 2 nitrogen and oxygen atoms in total. The van der Waals surface area contributed by atoms with Crippen molar-refractivity contribution in [3.05, 3.63) is 64.7 Å². The predicted molar refractivity (Wildman–Crippen MR) is 82.3 cm³/mol. The van der Waals surface area contributed by atoms with Gasteiger partial charge < -0.3 is 9.84 Å². The van der Waals surface area contributed by atoms with Crippen molar-refractivity contribution in [2.45, 2.75) is 32.8 Å². The highest BCUT2D eigenvalue weighted by molar-refractivity contribution is 5.40. The Morgan fingerprint density at radius 3 is 2.00 bits per heavy atom. The molecule has 0 fully saturated rings. The van der Waals surface area contributed by atoms with Crippen molar-refractivity contribution in [3.8, 4) is 5.75 Å². The van der Waals surface area contributed by atoms with Crippen molar-refractivity contribution in [3.63, 3.8) is 0 Å². The summed E-state index contributed by atoms with van der Waals surface area (Å²) in [5.41, 5.74) is 4.10. The lowest BCUT2D eigenvalue weighted by Crippen LogP contribution is -2.01. The van der Waals surface area contributed by atoms with E-state index in [1.807, 2.05) is 37.3 Å². The molecule has 0 amide bonds. The minimum Gasteiger partial charge on any atom is -0.496 e. The molecule has 20 heavy (non-hydrogen) atoms. The van der Waals surface area contributed by atoms with Gasteiger partial charge in [-0.25, -0.2) is 0 Å². The molecule has 0 aliphatic carbocycles. The van der Waals surface area contributed by atoms with Gasteiger partial charge in [-0.2, -0.15) is 0 Å². The fourth-order valence-corrected chi connectivity index (χ4v) is 2.26. The van der Waals surface area contributed by atoms with Crippen LogP contribution in [0.2, 0.25) is 0 Å². The second kappa shape index (κ2) is 6.10. The first-order valence-corrected chi connectivity index (χ1v) is 6.95. The Balaban J connectivity index is 2.28. The quantitative estimate of drug-likeness (QED) is 0.901. The summed E-state index contributed by atoms with van der Waals surface area (Å²) in [6.07, 6.45) is -0.620. The molecule has 106 valence electrons. The van der Waals surface area contributed by atoms with Crippen LogP contribution < -0.4 is 4.74 Å². The normalized spacial score (nSPS) is 12.5. The van der Waals surface area contributed by atoms with Gasteiger partial charge in [0.2, 0.25) is 0 Å². The molecule has 0 radical (unpaired) electrons. The molecule has 2 heteroatoms. The van der Waals surface area contributed by atoms with Gasteiger partial charge in [0.1, 0.15) is 11.9 Å². The van der Waals surface area contributed by atoms with Crippen molar-refractivity contribution >= 4 is 0 Å². The summed E-state index contributed by atoms with van der Waals surface area (Å²) >= 11 is 0. The lowest BCUT2D eigenvalue weighted by Gasteiger charge is -2.15. The van der Waals surface area contributed by atoms with Crippen molar-refractivity contribution in [1.82, 2.24) is 0 Å². The van der Waals surface area contributed by atoms with Gasteiger partial charge in [0, 0.05) is 0 Å². The predicted octanol–water partition coefficient (Wildman–Crippen LogP) is 4.21. The summed E-state index contributed by atoms with van der Waals surface area (Å²) < 4.78 is 5.31. The maximum atomic E-state index is 10.5. The number of aryl methyl sites for hydroxylation is 1. The summed E-state index contributed by atoms with van der Waals surface area (Å²) in [6.45, 7) is 6.32. The van der Waals surface area contributed by atoms with Crippen LogP contribution in [0.1, 0.15) is 48.1 Å². The molecular weight excluding hydrogens is 248 g/mol. The first-order valence-electron chi connectivity index (χ1n) is 6.95. The number of aliphatic hydroxyl groups excluding tert-OH is 1. The van der Waals surface area contributed by atoms with E-state index in [0.29, 0.717) is 5.92 Å². The average molecular weight is 270 g/mol. The topological polar surface area (TPSA) is 29.5 Å². The Bertz CT molecular complexity index is 570. The number of aliphatic hydroxyl groups is 1. The van der Waals surface area contributed by atoms with Gasteiger partial charge in [0.15, 0.2) is 0 Å². The van der Waals surface area contributed by atoms with Gasteiger partial charge in [-0.15, -0.1) is 0 Å². The number of hydrogen-bond donors (Lipinski definition) is 1. The molecule has 0 aliphatic rings. The summed E-state index contributed by atoms with van der Waals surface area (Å²) in [5.74, 6) is 1.31. The molecule has 0 bridgehead atoms. The molecular formula is C18H22O2. The van der Waals surface area contributed by atoms with Crippen LogP contribution in [-0.4, -0.2) is 12.2 Å². The average Bonchev–Trinajstić information content (AvgIpc) is 2.47. The van der Waals surface area contributed by atoms with Crippen molar-refractivity contribution < 1.29 is 9.84 Å². The molecule has 0 saturated heterocycles. The van der Waals surface area contributed by atoms with Gasteiger partial charge >= 0.3 is 0 Å². The Labute approximate surface area is 121 Å². The van der Waals surface area contributed by atoms with Gasteiger partial charge in [0.05, 0.1) is 7.11 Å². The molecule has 2 aromatic rings. The first kappa shape index (κ1) is 14.6. The Morgan fingerprint density at radius 1 is 0.900 bits per heavy atom. The van der Waals surface area contributed by atoms with Crippen LogP contribution >= 0.6 is 0 Å². The summed E-state index contributed by atoms with van der Waals surface area (Å²) in [7, 11) is 1.65. The summed E-state index contributed by atoms with van der Waals surface area (Å²) in [6, 6.07) is 14.0. The van der Waals surface area contributed by atoms with Crippen LogP contribution in [0.4, 0.5) is 0 Å².